The molecule has 1 amide bonds. The van der Waals surface area contributed by atoms with Gasteiger partial charge in [0.1, 0.15) is 22.8 Å². The number of primary amides is 1. The van der Waals surface area contributed by atoms with E-state index in [-0.39, 0.29) is 24.4 Å². The summed E-state index contributed by atoms with van der Waals surface area (Å²) in [5.74, 6) is -8.88. The molecule has 2 aromatic carbocycles. The van der Waals surface area contributed by atoms with Gasteiger partial charge in [0, 0.05) is 18.0 Å². The van der Waals surface area contributed by atoms with Gasteiger partial charge in [-0.1, -0.05) is 24.3 Å². The number of likely N-dealkylation sites (N-methyl/N-ethyl adjacent to an activating group) is 1. The Balaban J connectivity index is 1.39. The summed E-state index contributed by atoms with van der Waals surface area (Å²) in [7, 11) is 2.88. The van der Waals surface area contributed by atoms with Crippen LogP contribution >= 0.6 is 0 Å². The van der Waals surface area contributed by atoms with Crippen LogP contribution in [0.5, 0.6) is 5.75 Å². The monoisotopic (exact) mass is 641 g/mol. The predicted octanol–water partition coefficient (Wildman–Crippen LogP) is 2.49. The Labute approximate surface area is 262 Å². The first-order valence-corrected chi connectivity index (χ1v) is 14.9. The number of alkyl halides is 3. The number of nitrogens with one attached hydrogen (secondary N) is 1. The van der Waals surface area contributed by atoms with Gasteiger partial charge >= 0.3 is 6.18 Å². The van der Waals surface area contributed by atoms with Crippen molar-refractivity contribution in [2.24, 2.45) is 23.5 Å². The van der Waals surface area contributed by atoms with E-state index in [4.69, 9.17) is 5.73 Å². The Bertz CT molecular complexity index is 1720. The molecule has 0 bridgehead atoms. The number of rotatable bonds is 6. The number of ketones is 2. The Morgan fingerprint density at radius 2 is 1.72 bits per heavy atom. The first-order chi connectivity index (χ1) is 21.6. The lowest BCUT2D eigenvalue weighted by atomic mass is 9.57. The summed E-state index contributed by atoms with van der Waals surface area (Å²) in [5, 5.41) is 48.0. The number of halogens is 3. The summed E-state index contributed by atoms with van der Waals surface area (Å²) in [4.78, 5) is 40.6. The van der Waals surface area contributed by atoms with Crippen LogP contribution < -0.4 is 11.1 Å². The molecule has 7 N–H and O–H groups in total. The van der Waals surface area contributed by atoms with Gasteiger partial charge < -0.3 is 31.5 Å². The number of aliphatic hydroxyl groups excluding tert-OH is 2. The molecule has 0 aliphatic heterocycles. The lowest BCUT2D eigenvalue weighted by molar-refractivity contribution is -0.153. The highest BCUT2D eigenvalue weighted by molar-refractivity contribution is 6.24. The van der Waals surface area contributed by atoms with Crippen LogP contribution in [0.1, 0.15) is 39.8 Å². The van der Waals surface area contributed by atoms with E-state index in [2.05, 4.69) is 5.32 Å². The number of nitrogens with two attached hydrogens (primary N) is 1. The van der Waals surface area contributed by atoms with Gasteiger partial charge in [0.2, 0.25) is 5.78 Å². The number of phenolic OH excluding ortho intramolecular Hbond substituents is 1. The molecule has 244 valence electrons. The number of aliphatic hydroxyl groups is 3. The van der Waals surface area contributed by atoms with Crippen LogP contribution in [0.25, 0.3) is 5.76 Å². The molecule has 4 aliphatic carbocycles. The van der Waals surface area contributed by atoms with Gasteiger partial charge in [-0.3, -0.25) is 19.3 Å². The van der Waals surface area contributed by atoms with Gasteiger partial charge in [-0.05, 0) is 86.5 Å². The summed E-state index contributed by atoms with van der Waals surface area (Å²) >= 11 is 0. The van der Waals surface area contributed by atoms with Crippen LogP contribution in [-0.4, -0.2) is 75.1 Å². The van der Waals surface area contributed by atoms with Crippen molar-refractivity contribution in [1.29, 1.82) is 0 Å². The molecule has 6 rings (SSSR count). The minimum absolute atomic E-state index is 0.183. The number of fused-ring (bicyclic) bond motifs is 4. The van der Waals surface area contributed by atoms with E-state index < -0.39 is 98.7 Å². The molecular weight excluding hydrogens is 607 g/mol. The quantitative estimate of drug-likeness (QED) is 0.259. The van der Waals surface area contributed by atoms with Crippen LogP contribution in [0.4, 0.5) is 13.2 Å². The molecule has 0 spiro atoms. The number of benzene rings is 2. The first-order valence-electron chi connectivity index (χ1n) is 14.9. The highest BCUT2D eigenvalue weighted by Crippen LogP contribution is 2.54. The Morgan fingerprint density at radius 1 is 1.09 bits per heavy atom. The molecule has 10 nitrogen and oxygen atoms in total. The summed E-state index contributed by atoms with van der Waals surface area (Å²) < 4.78 is 44.3. The average molecular weight is 642 g/mol. The van der Waals surface area contributed by atoms with Gasteiger partial charge in [0.15, 0.2) is 11.4 Å². The summed E-state index contributed by atoms with van der Waals surface area (Å²) in [6, 6.07) is 7.51. The number of Topliss-reactive ketones (excluding diaryl/α,β-unsaturated/α-hetero) is 2. The zero-order chi connectivity index (χ0) is 33.5. The van der Waals surface area contributed by atoms with Crippen molar-refractivity contribution < 1.29 is 48.0 Å². The second-order valence-corrected chi connectivity index (χ2v) is 12.9. The van der Waals surface area contributed by atoms with Gasteiger partial charge in [0.05, 0.1) is 17.2 Å². The molecule has 0 aromatic heterocycles. The number of carbonyl (C=O) groups is 3. The highest BCUT2D eigenvalue weighted by atomic mass is 19.4. The number of carbonyl (C=O) groups excluding carboxylic acids is 3. The van der Waals surface area contributed by atoms with Crippen molar-refractivity contribution in [3.05, 3.63) is 80.6 Å². The minimum atomic E-state index is -4.90. The smallest absolute Gasteiger partial charge is 0.417 e. The van der Waals surface area contributed by atoms with Gasteiger partial charge in [-0.15, -0.1) is 0 Å². The van der Waals surface area contributed by atoms with Crippen LogP contribution in [0.3, 0.4) is 0 Å². The zero-order valence-electron chi connectivity index (χ0n) is 25.1. The average Bonchev–Trinajstić information content (AvgIpc) is 3.36. The Hall–Kier alpha value is -4.20. The van der Waals surface area contributed by atoms with E-state index in [1.54, 1.807) is 0 Å². The maximum atomic E-state index is 14.8. The molecule has 13 heteroatoms. The van der Waals surface area contributed by atoms with E-state index in [9.17, 15) is 48.0 Å². The molecule has 2 aromatic rings. The number of phenols is 1. The topological polar surface area (TPSA) is 173 Å². The fourth-order valence-corrected chi connectivity index (χ4v) is 8.08. The van der Waals surface area contributed by atoms with Crippen LogP contribution in [0.15, 0.2) is 47.2 Å². The molecule has 0 unspecified atom stereocenters. The third kappa shape index (κ3) is 4.71. The standard InChI is InChI=1S/C33H34F3N3O7/c1-39(2)26-20-10-17-9-19-23(27(41)22(17)29(43)32(20,46)30(44)24(28(26)42)31(37)45)21(40)11-18(25(19)33(34,35)36)13-38-12-14-7-15-5-3-4-6-16(15)8-14/h3-6,11,14,17,20,26,38,40-41,44,46H,7-10,12-13H2,1-2H3,(H2,37,45)/t17-,20-,26-,32-/m0/s1. The molecular formula is C33H34F3N3O7. The maximum Gasteiger partial charge on any atom is 0.417 e. The zero-order valence-corrected chi connectivity index (χ0v) is 25.1. The summed E-state index contributed by atoms with van der Waals surface area (Å²) in [6.45, 7) is 0.207. The Morgan fingerprint density at radius 3 is 2.28 bits per heavy atom. The second-order valence-electron chi connectivity index (χ2n) is 12.9. The minimum Gasteiger partial charge on any atom is -0.508 e. The van der Waals surface area contributed by atoms with E-state index in [1.165, 1.54) is 30.1 Å². The van der Waals surface area contributed by atoms with E-state index in [0.717, 1.165) is 18.9 Å². The van der Waals surface area contributed by atoms with Crippen molar-refractivity contribution in [2.45, 2.75) is 50.0 Å². The predicted molar refractivity (Wildman–Crippen MR) is 158 cm³/mol. The highest BCUT2D eigenvalue weighted by Gasteiger charge is 2.64. The summed E-state index contributed by atoms with van der Waals surface area (Å²) in [6.07, 6.45) is -4.09. The van der Waals surface area contributed by atoms with E-state index >= 15 is 0 Å². The number of hydrogen-bond donors (Lipinski definition) is 6. The van der Waals surface area contributed by atoms with Gasteiger partial charge in [-0.2, -0.15) is 13.2 Å². The molecule has 1 fully saturated rings. The molecule has 46 heavy (non-hydrogen) atoms. The first kappa shape index (κ1) is 31.8. The fraction of sp³-hybridized carbons (Fsp3) is 0.424. The van der Waals surface area contributed by atoms with Crippen LogP contribution in [0, 0.1) is 17.8 Å². The van der Waals surface area contributed by atoms with Crippen molar-refractivity contribution in [3.8, 4) is 5.75 Å². The maximum absolute atomic E-state index is 14.8. The molecule has 0 radical (unpaired) electrons. The number of amides is 1. The number of aromatic hydroxyl groups is 1. The lowest BCUT2D eigenvalue weighted by Crippen LogP contribution is -2.65. The van der Waals surface area contributed by atoms with Crippen molar-refractivity contribution in [1.82, 2.24) is 10.2 Å². The second kappa shape index (κ2) is 11.0. The molecule has 0 saturated heterocycles. The third-order valence-corrected chi connectivity index (χ3v) is 9.97. The van der Waals surface area contributed by atoms with Crippen LogP contribution in [0.2, 0.25) is 0 Å². The Kier molecular flexibility index (Phi) is 7.57. The molecule has 4 atom stereocenters. The number of hydrogen-bond acceptors (Lipinski definition) is 9. The van der Waals surface area contributed by atoms with E-state index in [0.29, 0.717) is 6.54 Å². The summed E-state index contributed by atoms with van der Waals surface area (Å²) in [5.41, 5.74) is 1.06. The molecule has 1 saturated carbocycles. The van der Waals surface area contributed by atoms with Gasteiger partial charge in [0.25, 0.3) is 5.91 Å². The van der Waals surface area contributed by atoms with Crippen molar-refractivity contribution in [2.75, 3.05) is 20.6 Å². The van der Waals surface area contributed by atoms with Crippen molar-refractivity contribution >= 4 is 23.2 Å². The SMILES string of the molecule is CN(C)[C@@H]1C(=O)C(C(N)=O)=C(O)[C@@]2(O)C(=O)C3=C(O)c4c(O)cc(CNCC5Cc6ccccc6C5)c(C(F)(F)F)c4C[C@H]3C[C@@H]12. The van der Waals surface area contributed by atoms with Crippen molar-refractivity contribution in [3.63, 3.8) is 0 Å². The molecule has 0 heterocycles. The molecule has 4 aliphatic rings. The van der Waals surface area contributed by atoms with E-state index in [1.807, 2.05) is 24.3 Å². The lowest BCUT2D eigenvalue weighted by Gasteiger charge is -2.50. The largest absolute Gasteiger partial charge is 0.508 e. The normalized spacial score (nSPS) is 26.3. The fourth-order valence-electron chi connectivity index (χ4n) is 8.08. The number of nitrogens with zero attached hydrogens (tertiary/aromatic N) is 1. The third-order valence-electron chi connectivity index (χ3n) is 9.97. The van der Waals surface area contributed by atoms with Gasteiger partial charge in [-0.25, -0.2) is 0 Å². The van der Waals surface area contributed by atoms with Crippen LogP contribution in [-0.2, 0) is 46.4 Å².